The van der Waals surface area contributed by atoms with Crippen molar-refractivity contribution in [3.8, 4) is 28.5 Å². The number of amidine groups is 1. The number of hydrogen-bond donors (Lipinski definition) is 1. The zero-order valence-corrected chi connectivity index (χ0v) is 25.9. The van der Waals surface area contributed by atoms with Gasteiger partial charge in [0.1, 0.15) is 5.84 Å². The number of benzene rings is 1. The van der Waals surface area contributed by atoms with Crippen molar-refractivity contribution in [1.29, 1.82) is 0 Å². The van der Waals surface area contributed by atoms with Gasteiger partial charge in [0.25, 0.3) is 0 Å². The molecule has 18 heteroatoms. The number of nitrogens with zero attached hydrogens (tertiary/aromatic N) is 5. The molecule has 5 heterocycles. The second kappa shape index (κ2) is 21.1. The largest absolute Gasteiger partial charge is 3.00 e. The first-order chi connectivity index (χ1) is 21.8. The number of pyridine rings is 4. The number of hydrogen-bond acceptors (Lipinski definition) is 7. The van der Waals surface area contributed by atoms with E-state index in [0.29, 0.717) is 5.56 Å². The predicted molar refractivity (Wildman–Crippen MR) is 161 cm³/mol. The van der Waals surface area contributed by atoms with Gasteiger partial charge in [-0.2, -0.15) is 0 Å². The Morgan fingerprint density at radius 1 is 0.511 bits per heavy atom. The molecular weight excluding hydrogens is 723 g/mol. The van der Waals surface area contributed by atoms with E-state index in [1.54, 1.807) is 43.0 Å². The van der Waals surface area contributed by atoms with Crippen LogP contribution >= 0.6 is 0 Å². The van der Waals surface area contributed by atoms with Crippen LogP contribution in [0.2, 0.25) is 0 Å². The molecule has 0 spiro atoms. The first-order valence-corrected chi connectivity index (χ1v) is 13.3. The van der Waals surface area contributed by atoms with Crippen LogP contribution in [0, 0.1) is 0 Å². The minimum Gasteiger partial charge on any atom is -0.872 e. The van der Waals surface area contributed by atoms with Gasteiger partial charge in [-0.3, -0.25) is 24.9 Å². The molecule has 1 aliphatic heterocycles. The fraction of sp³-hybridized carbons (Fsp3) is 0.0690. The van der Waals surface area contributed by atoms with Gasteiger partial charge in [-0.05, 0) is 48.5 Å². The molecule has 1 N–H and O–H groups in total. The Bertz CT molecular complexity index is 1400. The third-order valence-corrected chi connectivity index (χ3v) is 5.00. The summed E-state index contributed by atoms with van der Waals surface area (Å²) in [5.41, 5.74) is 4.34. The topological polar surface area (TPSA) is 99.0 Å². The quantitative estimate of drug-likeness (QED) is 0.158. The van der Waals surface area contributed by atoms with E-state index in [1.165, 1.54) is 0 Å². The molecule has 0 atom stereocenters. The first-order valence-electron chi connectivity index (χ1n) is 13.3. The normalized spacial score (nSPS) is 11.4. The molecule has 0 unspecified atom stereocenters. The molecule has 1 aromatic carbocycles. The van der Waals surface area contributed by atoms with Crippen molar-refractivity contribution in [2.75, 3.05) is 13.1 Å². The fourth-order valence-electron chi connectivity index (χ4n) is 3.30. The number of nitrogens with one attached hydrogen (secondary N) is 1. The van der Waals surface area contributed by atoms with E-state index in [-0.39, 0.29) is 25.2 Å². The van der Waals surface area contributed by atoms with E-state index in [0.717, 1.165) is 41.7 Å². The van der Waals surface area contributed by atoms with Gasteiger partial charge >= 0.3 is 34.0 Å². The first kappa shape index (κ1) is 40.3. The number of halogens is 8. The van der Waals surface area contributed by atoms with Gasteiger partial charge in [0.15, 0.2) is 0 Å². The van der Waals surface area contributed by atoms with E-state index in [1.807, 2.05) is 78.9 Å². The number of para-hydroxylation sites is 1. The third kappa shape index (κ3) is 19.4. The molecule has 7 nitrogen and oxygen atoms in total. The van der Waals surface area contributed by atoms with Gasteiger partial charge in [-0.15, -0.1) is 0 Å². The summed E-state index contributed by atoms with van der Waals surface area (Å²) in [7, 11) is -12.0. The van der Waals surface area contributed by atoms with Crippen LogP contribution in [0.4, 0.5) is 34.5 Å². The van der Waals surface area contributed by atoms with Crippen molar-refractivity contribution in [1.82, 2.24) is 25.3 Å². The Hall–Kier alpha value is -4.72. The molecule has 6 rings (SSSR count). The van der Waals surface area contributed by atoms with Crippen LogP contribution in [0.25, 0.3) is 22.8 Å². The monoisotopic (exact) mass is 749 g/mol. The van der Waals surface area contributed by atoms with E-state index in [9.17, 15) is 39.6 Å². The predicted octanol–water partition coefficient (Wildman–Crippen LogP) is 6.99. The van der Waals surface area contributed by atoms with Gasteiger partial charge in [-0.25, -0.2) is 0 Å². The van der Waals surface area contributed by atoms with Crippen molar-refractivity contribution in [2.24, 2.45) is 4.99 Å². The standard InChI is InChI=1S/2C10H8N2.C9H10N2O.2BF4.Ru/c2*1-3-7-11-9(5-1)10-6-2-4-8-12-10;12-8-4-2-1-3-7(8)9-10-5-6-11-9;2*2-1(3,4)5;/h2*1-8H;1-4,12H,5-6H2,(H,10,11);;;/q;;;2*-1;+3/p-1. The van der Waals surface area contributed by atoms with Crippen LogP contribution in [0.1, 0.15) is 5.56 Å². The molecule has 0 fully saturated rings. The molecule has 0 amide bonds. The molecule has 0 bridgehead atoms. The molecule has 47 heavy (non-hydrogen) atoms. The molecule has 4 aromatic heterocycles. The molecule has 0 saturated carbocycles. The molecule has 0 saturated heterocycles. The zero-order chi connectivity index (χ0) is 33.8. The Labute approximate surface area is 278 Å². The van der Waals surface area contributed by atoms with Gasteiger partial charge in [0.2, 0.25) is 0 Å². The molecule has 1 aliphatic rings. The average molecular weight is 748 g/mol. The minimum absolute atomic E-state index is 0. The molecule has 5 aromatic rings. The second-order valence-corrected chi connectivity index (χ2v) is 8.50. The van der Waals surface area contributed by atoms with Crippen molar-refractivity contribution >= 4 is 20.3 Å². The van der Waals surface area contributed by atoms with Gasteiger partial charge in [-0.1, -0.05) is 54.3 Å². The fourth-order valence-corrected chi connectivity index (χ4v) is 3.30. The molecule has 0 aliphatic carbocycles. The van der Waals surface area contributed by atoms with Gasteiger partial charge in [0.05, 0.1) is 29.3 Å². The van der Waals surface area contributed by atoms with Crippen molar-refractivity contribution in [3.05, 3.63) is 127 Å². The Morgan fingerprint density at radius 2 is 0.830 bits per heavy atom. The number of aromatic nitrogens is 4. The summed E-state index contributed by atoms with van der Waals surface area (Å²) in [5, 5.41) is 14.3. The Kier molecular flexibility index (Phi) is 18.1. The molecule has 247 valence electrons. The SMILES string of the molecule is F[B-](F)(F)F.F[B-](F)(F)F.[O-]c1ccccc1C1=NCCN1.[Ru+3].c1ccc(-c2ccccn2)nc1.c1ccc(-c2ccccn2)nc1. The summed E-state index contributed by atoms with van der Waals surface area (Å²) in [6.07, 6.45) is 7.07. The van der Waals surface area contributed by atoms with Crippen molar-refractivity contribution < 1.29 is 59.1 Å². The van der Waals surface area contributed by atoms with E-state index < -0.39 is 14.5 Å². The summed E-state index contributed by atoms with van der Waals surface area (Å²) in [5.74, 6) is 0.770. The van der Waals surface area contributed by atoms with E-state index in [4.69, 9.17) is 0 Å². The average Bonchev–Trinajstić information content (AvgIpc) is 3.57. The Balaban J connectivity index is 0.000000307. The summed E-state index contributed by atoms with van der Waals surface area (Å²) in [6.45, 7) is 1.60. The van der Waals surface area contributed by atoms with Crippen LogP contribution in [0.5, 0.6) is 5.75 Å². The maximum absolute atomic E-state index is 11.3. The Morgan fingerprint density at radius 3 is 1.09 bits per heavy atom. The van der Waals surface area contributed by atoms with Crippen molar-refractivity contribution in [3.63, 3.8) is 0 Å². The van der Waals surface area contributed by atoms with Crippen LogP contribution < -0.4 is 10.4 Å². The van der Waals surface area contributed by atoms with Crippen LogP contribution in [0.15, 0.2) is 127 Å². The molecular formula is C29H25B2F8N6ORu. The van der Waals surface area contributed by atoms with Crippen molar-refractivity contribution in [2.45, 2.75) is 0 Å². The summed E-state index contributed by atoms with van der Waals surface area (Å²) in [4.78, 5) is 20.9. The van der Waals surface area contributed by atoms with Gasteiger partial charge < -0.3 is 44.9 Å². The summed E-state index contributed by atoms with van der Waals surface area (Å²) >= 11 is 0. The van der Waals surface area contributed by atoms with E-state index in [2.05, 4.69) is 30.2 Å². The van der Waals surface area contributed by atoms with Crippen LogP contribution in [0.3, 0.4) is 0 Å². The summed E-state index contributed by atoms with van der Waals surface area (Å²) < 4.78 is 78.0. The maximum Gasteiger partial charge on any atom is 3.00 e. The maximum atomic E-state index is 11.3. The summed E-state index contributed by atoms with van der Waals surface area (Å²) in [6, 6.07) is 30.1. The zero-order valence-electron chi connectivity index (χ0n) is 24.1. The minimum atomic E-state index is -6.00. The molecule has 1 radical (unpaired) electrons. The second-order valence-electron chi connectivity index (χ2n) is 8.50. The van der Waals surface area contributed by atoms with E-state index >= 15 is 0 Å². The third-order valence-electron chi connectivity index (χ3n) is 5.00. The van der Waals surface area contributed by atoms with Crippen LogP contribution in [-0.2, 0) is 19.5 Å². The number of aliphatic imine (C=N–C) groups is 1. The van der Waals surface area contributed by atoms with Crippen LogP contribution in [-0.4, -0.2) is 53.4 Å². The van der Waals surface area contributed by atoms with Gasteiger partial charge in [0, 0.05) is 36.9 Å². The smallest absolute Gasteiger partial charge is 0.872 e. The number of rotatable bonds is 3.